The molecule has 2 aliphatic rings. The van der Waals surface area contributed by atoms with E-state index in [-0.39, 0.29) is 12.4 Å². The van der Waals surface area contributed by atoms with E-state index >= 15 is 0 Å². The Hall–Kier alpha value is -0.380. The van der Waals surface area contributed by atoms with Crippen molar-refractivity contribution in [2.24, 2.45) is 5.92 Å². The summed E-state index contributed by atoms with van der Waals surface area (Å²) in [7, 11) is 0. The Labute approximate surface area is 84.7 Å². The topological polar surface area (TPSA) is 38.7 Å². The predicted molar refractivity (Wildman–Crippen MR) is 52.8 cm³/mol. The molecule has 1 unspecified atom stereocenters. The van der Waals surface area contributed by atoms with E-state index in [1.165, 1.54) is 12.8 Å². The van der Waals surface area contributed by atoms with Crippen molar-refractivity contribution in [3.05, 3.63) is 12.2 Å². The molecule has 1 saturated carbocycles. The van der Waals surface area contributed by atoms with E-state index in [0.717, 1.165) is 12.8 Å². The van der Waals surface area contributed by atoms with Crippen LogP contribution in [0.15, 0.2) is 12.2 Å². The first kappa shape index (κ1) is 10.1. The molecular formula is C11H18O3. The lowest BCUT2D eigenvalue weighted by Gasteiger charge is -2.37. The van der Waals surface area contributed by atoms with Crippen molar-refractivity contribution in [3.8, 4) is 0 Å². The van der Waals surface area contributed by atoms with Gasteiger partial charge in [0.2, 0.25) is 0 Å². The van der Waals surface area contributed by atoms with Crippen molar-refractivity contribution in [3.63, 3.8) is 0 Å². The highest BCUT2D eigenvalue weighted by Gasteiger charge is 2.44. The number of ether oxygens (including phenoxy) is 2. The Kier molecular flexibility index (Phi) is 3.21. The van der Waals surface area contributed by atoms with E-state index in [1.807, 2.05) is 6.08 Å². The lowest BCUT2D eigenvalue weighted by molar-refractivity contribution is -0.200. The fraction of sp³-hybridized carbons (Fsp3) is 0.818. The normalized spacial score (nSPS) is 31.6. The van der Waals surface area contributed by atoms with Gasteiger partial charge in [0.15, 0.2) is 5.79 Å². The van der Waals surface area contributed by atoms with Crippen LogP contribution in [-0.4, -0.2) is 30.7 Å². The average Bonchev–Trinajstić information content (AvgIpc) is 2.66. The molecular weight excluding hydrogens is 180 g/mol. The third-order valence-electron chi connectivity index (χ3n) is 3.11. The van der Waals surface area contributed by atoms with Gasteiger partial charge in [-0.15, -0.1) is 0 Å². The van der Waals surface area contributed by atoms with Crippen LogP contribution in [0.5, 0.6) is 0 Å². The van der Waals surface area contributed by atoms with Gasteiger partial charge >= 0.3 is 0 Å². The maximum atomic E-state index is 8.76. The molecule has 2 fully saturated rings. The van der Waals surface area contributed by atoms with Gasteiger partial charge in [-0.1, -0.05) is 18.6 Å². The van der Waals surface area contributed by atoms with E-state index in [2.05, 4.69) is 0 Å². The Balaban J connectivity index is 2.06. The highest BCUT2D eigenvalue weighted by molar-refractivity contribution is 4.99. The molecule has 2 rings (SSSR count). The second-order valence-corrected chi connectivity index (χ2v) is 3.97. The molecule has 0 aromatic rings. The molecule has 0 radical (unpaired) electrons. The predicted octanol–water partition coefficient (Wildman–Crippen LogP) is 1.47. The van der Waals surface area contributed by atoms with E-state index in [1.54, 1.807) is 6.08 Å². The van der Waals surface area contributed by atoms with E-state index in [0.29, 0.717) is 19.1 Å². The van der Waals surface area contributed by atoms with Gasteiger partial charge in [-0.2, -0.15) is 0 Å². The fourth-order valence-corrected chi connectivity index (χ4v) is 2.44. The van der Waals surface area contributed by atoms with Gasteiger partial charge in [0.05, 0.1) is 19.8 Å². The molecule has 1 aliphatic heterocycles. The van der Waals surface area contributed by atoms with E-state index in [4.69, 9.17) is 14.6 Å². The second kappa shape index (κ2) is 4.43. The van der Waals surface area contributed by atoms with Crippen LogP contribution in [0.1, 0.15) is 25.7 Å². The first-order valence-electron chi connectivity index (χ1n) is 5.43. The van der Waals surface area contributed by atoms with Crippen LogP contribution in [0.3, 0.4) is 0 Å². The molecule has 0 aromatic heterocycles. The maximum Gasteiger partial charge on any atom is 0.174 e. The molecule has 3 nitrogen and oxygen atoms in total. The summed E-state index contributed by atoms with van der Waals surface area (Å²) in [6.45, 7) is 1.53. The lowest BCUT2D eigenvalue weighted by Crippen LogP contribution is -2.40. The molecule has 0 bridgehead atoms. The fourth-order valence-electron chi connectivity index (χ4n) is 2.44. The van der Waals surface area contributed by atoms with Crippen molar-refractivity contribution in [2.75, 3.05) is 19.8 Å². The van der Waals surface area contributed by atoms with Crippen LogP contribution in [0.25, 0.3) is 0 Å². The van der Waals surface area contributed by atoms with E-state index in [9.17, 15) is 0 Å². The third kappa shape index (κ3) is 1.85. The minimum absolute atomic E-state index is 0.104. The van der Waals surface area contributed by atoms with Crippen molar-refractivity contribution < 1.29 is 14.6 Å². The standard InChI is InChI=1S/C11H18O3/c12-7-3-5-10-4-1-2-6-11(10)13-8-9-14-11/h3,5,10,12H,1-2,4,6-9H2. The molecule has 0 aromatic carbocycles. The summed E-state index contributed by atoms with van der Waals surface area (Å²) in [5.41, 5.74) is 0. The minimum atomic E-state index is -0.357. The smallest absolute Gasteiger partial charge is 0.174 e. The summed E-state index contributed by atoms with van der Waals surface area (Å²) in [5.74, 6) is -0.0323. The average molecular weight is 198 g/mol. The van der Waals surface area contributed by atoms with Crippen LogP contribution in [-0.2, 0) is 9.47 Å². The molecule has 1 atom stereocenters. The van der Waals surface area contributed by atoms with Crippen LogP contribution < -0.4 is 0 Å². The molecule has 1 heterocycles. The van der Waals surface area contributed by atoms with Gasteiger partial charge in [0.1, 0.15) is 0 Å². The van der Waals surface area contributed by atoms with Gasteiger partial charge < -0.3 is 14.6 Å². The van der Waals surface area contributed by atoms with Gasteiger partial charge in [0, 0.05) is 12.3 Å². The van der Waals surface area contributed by atoms with Gasteiger partial charge in [-0.3, -0.25) is 0 Å². The Morgan fingerprint density at radius 3 is 2.79 bits per heavy atom. The lowest BCUT2D eigenvalue weighted by atomic mass is 9.83. The van der Waals surface area contributed by atoms with Crippen LogP contribution in [0.4, 0.5) is 0 Å². The monoisotopic (exact) mass is 198 g/mol. The highest BCUT2D eigenvalue weighted by Crippen LogP contribution is 2.40. The number of hydrogen-bond acceptors (Lipinski definition) is 3. The summed E-state index contributed by atoms with van der Waals surface area (Å²) in [6, 6.07) is 0. The summed E-state index contributed by atoms with van der Waals surface area (Å²) in [6.07, 6.45) is 8.36. The first-order chi connectivity index (χ1) is 6.87. The molecule has 1 N–H and O–H groups in total. The molecule has 3 heteroatoms. The zero-order valence-corrected chi connectivity index (χ0v) is 8.45. The largest absolute Gasteiger partial charge is 0.392 e. The molecule has 1 spiro atoms. The van der Waals surface area contributed by atoms with Crippen LogP contribution in [0.2, 0.25) is 0 Å². The molecule has 1 aliphatic carbocycles. The Bertz CT molecular complexity index is 207. The summed E-state index contributed by atoms with van der Waals surface area (Å²) < 4.78 is 11.5. The third-order valence-corrected chi connectivity index (χ3v) is 3.11. The van der Waals surface area contributed by atoms with Gasteiger partial charge in [-0.25, -0.2) is 0 Å². The summed E-state index contributed by atoms with van der Waals surface area (Å²) >= 11 is 0. The Morgan fingerprint density at radius 1 is 1.29 bits per heavy atom. The molecule has 80 valence electrons. The van der Waals surface area contributed by atoms with Crippen molar-refractivity contribution in [1.29, 1.82) is 0 Å². The van der Waals surface area contributed by atoms with E-state index < -0.39 is 0 Å². The second-order valence-electron chi connectivity index (χ2n) is 3.97. The SMILES string of the molecule is OCC=CC1CCCCC12OCCO2. The number of aliphatic hydroxyl groups excluding tert-OH is 1. The van der Waals surface area contributed by atoms with Gasteiger partial charge in [-0.05, 0) is 12.8 Å². The molecule has 14 heavy (non-hydrogen) atoms. The molecule has 1 saturated heterocycles. The number of hydrogen-bond donors (Lipinski definition) is 1. The Morgan fingerprint density at radius 2 is 2.07 bits per heavy atom. The van der Waals surface area contributed by atoms with Gasteiger partial charge in [0.25, 0.3) is 0 Å². The van der Waals surface area contributed by atoms with Crippen LogP contribution >= 0.6 is 0 Å². The summed E-state index contributed by atoms with van der Waals surface area (Å²) in [4.78, 5) is 0. The zero-order valence-electron chi connectivity index (χ0n) is 8.45. The zero-order chi connectivity index (χ0) is 9.86. The first-order valence-corrected chi connectivity index (χ1v) is 5.43. The van der Waals surface area contributed by atoms with Crippen molar-refractivity contribution in [2.45, 2.75) is 31.5 Å². The van der Waals surface area contributed by atoms with Crippen molar-refractivity contribution in [1.82, 2.24) is 0 Å². The van der Waals surface area contributed by atoms with Crippen molar-refractivity contribution >= 4 is 0 Å². The number of rotatable bonds is 2. The minimum Gasteiger partial charge on any atom is -0.392 e. The summed E-state index contributed by atoms with van der Waals surface area (Å²) in [5, 5.41) is 8.76. The molecule has 0 amide bonds. The number of aliphatic hydroxyl groups is 1. The maximum absolute atomic E-state index is 8.76. The quantitative estimate of drug-likeness (QED) is 0.683. The highest BCUT2D eigenvalue weighted by atomic mass is 16.7. The van der Waals surface area contributed by atoms with Crippen LogP contribution in [0, 0.1) is 5.92 Å².